The van der Waals surface area contributed by atoms with Gasteiger partial charge < -0.3 is 10.1 Å². The van der Waals surface area contributed by atoms with E-state index in [9.17, 15) is 10.4 Å². The maximum Gasteiger partial charge on any atom is 0.188 e. The predicted molar refractivity (Wildman–Crippen MR) is 66.0 cm³/mol. The largest absolute Gasteiger partial charge is 0.495 e. The van der Waals surface area contributed by atoms with Crippen LogP contribution in [0.25, 0.3) is 22.0 Å². The Labute approximate surface area is 98.3 Å². The topological polar surface area (TPSA) is 59.8 Å². The number of nitrogens with one attached hydrogen (secondary N) is 1. The lowest BCUT2D eigenvalue weighted by molar-refractivity contribution is 0.454. The molecule has 1 aliphatic carbocycles. The minimum Gasteiger partial charge on any atom is -0.495 e. The molecule has 2 aliphatic rings. The van der Waals surface area contributed by atoms with Crippen molar-refractivity contribution in [2.24, 2.45) is 0 Å². The van der Waals surface area contributed by atoms with Gasteiger partial charge in [-0.1, -0.05) is 24.3 Å². The van der Waals surface area contributed by atoms with E-state index in [-0.39, 0.29) is 5.88 Å². The Morgan fingerprint density at radius 2 is 1.94 bits per heavy atom. The molecular weight excluding hydrogens is 212 g/mol. The fraction of sp³-hybridized carbons (Fsp3) is 0.0714. The molecule has 2 N–H and O–H groups in total. The van der Waals surface area contributed by atoms with E-state index in [4.69, 9.17) is 0 Å². The highest BCUT2D eigenvalue weighted by Gasteiger charge is 2.20. The maximum absolute atomic E-state index is 9.59. The summed E-state index contributed by atoms with van der Waals surface area (Å²) in [4.78, 5) is 2.87. The van der Waals surface area contributed by atoms with Gasteiger partial charge in [-0.3, -0.25) is 0 Å². The molecule has 0 saturated carbocycles. The smallest absolute Gasteiger partial charge is 0.188 e. The minimum absolute atomic E-state index is 0.0850. The average Bonchev–Trinajstić information content (AvgIpc) is 2.62. The monoisotopic (exact) mass is 222 g/mol. The van der Waals surface area contributed by atoms with Gasteiger partial charge in [0.05, 0.1) is 11.3 Å². The van der Waals surface area contributed by atoms with Crippen molar-refractivity contribution in [2.75, 3.05) is 0 Å². The van der Waals surface area contributed by atoms with Crippen LogP contribution in [0.3, 0.4) is 0 Å². The van der Waals surface area contributed by atoms with E-state index in [1.54, 1.807) is 6.07 Å². The molecule has 0 fully saturated rings. The number of nitrogens with zero attached hydrogens (tertiary/aromatic N) is 1. The van der Waals surface area contributed by atoms with Gasteiger partial charge in [0.2, 0.25) is 0 Å². The SMILES string of the molecule is Cc1cc(O)[nH]c2c(C#N)c3ccccc3c1-2. The van der Waals surface area contributed by atoms with Crippen LogP contribution < -0.4 is 0 Å². The Balaban J connectivity index is 2.62. The number of hydrogen-bond donors (Lipinski definition) is 2. The summed E-state index contributed by atoms with van der Waals surface area (Å²) >= 11 is 0. The van der Waals surface area contributed by atoms with Crippen LogP contribution in [-0.4, -0.2) is 10.1 Å². The molecule has 1 aliphatic heterocycles. The first-order chi connectivity index (χ1) is 8.22. The molecule has 0 amide bonds. The summed E-state index contributed by atoms with van der Waals surface area (Å²) < 4.78 is 0. The van der Waals surface area contributed by atoms with Gasteiger partial charge in [0, 0.05) is 17.0 Å². The van der Waals surface area contributed by atoms with Crippen LogP contribution in [0.1, 0.15) is 11.1 Å². The summed E-state index contributed by atoms with van der Waals surface area (Å²) in [5, 5.41) is 20.8. The van der Waals surface area contributed by atoms with Gasteiger partial charge in [0.15, 0.2) is 5.88 Å². The predicted octanol–water partition coefficient (Wildman–Crippen LogP) is 3.16. The number of aromatic hydroxyl groups is 1. The molecule has 0 atom stereocenters. The second-order valence-electron chi connectivity index (χ2n) is 4.12. The third-order valence-corrected chi connectivity index (χ3v) is 3.08. The first-order valence-electron chi connectivity index (χ1n) is 5.35. The number of pyridine rings is 1. The van der Waals surface area contributed by atoms with Crippen molar-refractivity contribution < 1.29 is 5.11 Å². The number of nitriles is 1. The molecule has 17 heavy (non-hydrogen) atoms. The number of fused-ring (bicyclic) bond motifs is 3. The molecule has 3 nitrogen and oxygen atoms in total. The Kier molecular flexibility index (Phi) is 1.87. The lowest BCUT2D eigenvalue weighted by Gasteiger charge is -2.06. The second-order valence-corrected chi connectivity index (χ2v) is 4.12. The van der Waals surface area contributed by atoms with Crippen molar-refractivity contribution >= 4 is 10.8 Å². The van der Waals surface area contributed by atoms with E-state index in [0.29, 0.717) is 11.3 Å². The Morgan fingerprint density at radius 3 is 2.65 bits per heavy atom. The Morgan fingerprint density at radius 1 is 1.24 bits per heavy atom. The van der Waals surface area contributed by atoms with Crippen molar-refractivity contribution in [3.8, 4) is 23.2 Å². The maximum atomic E-state index is 9.59. The fourth-order valence-electron chi connectivity index (χ4n) is 2.41. The quantitative estimate of drug-likeness (QED) is 0.613. The van der Waals surface area contributed by atoms with Crippen LogP contribution in [0.15, 0.2) is 30.3 Å². The van der Waals surface area contributed by atoms with Gasteiger partial charge in [0.25, 0.3) is 0 Å². The average molecular weight is 222 g/mol. The number of aromatic amines is 1. The highest BCUT2D eigenvalue weighted by Crippen LogP contribution is 2.40. The number of aromatic nitrogens is 1. The molecule has 0 spiro atoms. The van der Waals surface area contributed by atoms with Crippen LogP contribution >= 0.6 is 0 Å². The van der Waals surface area contributed by atoms with Crippen molar-refractivity contribution in [1.82, 2.24) is 4.98 Å². The van der Waals surface area contributed by atoms with Crippen LogP contribution in [0, 0.1) is 18.3 Å². The summed E-state index contributed by atoms with van der Waals surface area (Å²) in [5.41, 5.74) is 3.28. The molecule has 1 aromatic carbocycles. The highest BCUT2D eigenvalue weighted by molar-refractivity contribution is 6.07. The zero-order chi connectivity index (χ0) is 12.0. The fourth-order valence-corrected chi connectivity index (χ4v) is 2.41. The molecule has 0 bridgehead atoms. The molecule has 3 heteroatoms. The number of rotatable bonds is 0. The Hall–Kier alpha value is -2.47. The third-order valence-electron chi connectivity index (χ3n) is 3.08. The van der Waals surface area contributed by atoms with E-state index in [1.807, 2.05) is 31.2 Å². The normalized spacial score (nSPS) is 10.8. The summed E-state index contributed by atoms with van der Waals surface area (Å²) in [6, 6.07) is 11.7. The third kappa shape index (κ3) is 1.21. The van der Waals surface area contributed by atoms with Gasteiger partial charge in [-0.25, -0.2) is 0 Å². The van der Waals surface area contributed by atoms with Crippen molar-refractivity contribution in [3.05, 3.63) is 41.5 Å². The minimum atomic E-state index is 0.0850. The molecule has 0 aromatic heterocycles. The lowest BCUT2D eigenvalue weighted by atomic mass is 10.1. The Bertz CT molecular complexity index is 734. The van der Waals surface area contributed by atoms with Crippen molar-refractivity contribution in [1.29, 1.82) is 5.26 Å². The van der Waals surface area contributed by atoms with Gasteiger partial charge in [-0.15, -0.1) is 0 Å². The summed E-state index contributed by atoms with van der Waals surface area (Å²) in [6.07, 6.45) is 0. The van der Waals surface area contributed by atoms with Crippen LogP contribution in [0.2, 0.25) is 0 Å². The summed E-state index contributed by atoms with van der Waals surface area (Å²) in [5.74, 6) is 0.0850. The van der Waals surface area contributed by atoms with Crippen molar-refractivity contribution in [2.45, 2.75) is 6.92 Å². The van der Waals surface area contributed by atoms with E-state index < -0.39 is 0 Å². The first kappa shape index (κ1) is 9.73. The summed E-state index contributed by atoms with van der Waals surface area (Å²) in [6.45, 7) is 1.93. The molecule has 0 unspecified atom stereocenters. The first-order valence-corrected chi connectivity index (χ1v) is 5.35. The second kappa shape index (κ2) is 3.26. The van der Waals surface area contributed by atoms with Gasteiger partial charge in [-0.2, -0.15) is 5.26 Å². The van der Waals surface area contributed by atoms with E-state index >= 15 is 0 Å². The lowest BCUT2D eigenvalue weighted by Crippen LogP contribution is -1.88. The van der Waals surface area contributed by atoms with Crippen LogP contribution in [0.4, 0.5) is 0 Å². The molecule has 0 saturated heterocycles. The summed E-state index contributed by atoms with van der Waals surface area (Å²) in [7, 11) is 0. The van der Waals surface area contributed by atoms with E-state index in [2.05, 4.69) is 11.1 Å². The van der Waals surface area contributed by atoms with E-state index in [1.165, 1.54) is 0 Å². The number of hydrogen-bond acceptors (Lipinski definition) is 2. The van der Waals surface area contributed by atoms with E-state index in [0.717, 1.165) is 21.9 Å². The van der Waals surface area contributed by atoms with Crippen LogP contribution in [-0.2, 0) is 0 Å². The zero-order valence-electron chi connectivity index (χ0n) is 9.28. The molecule has 1 heterocycles. The number of H-pyrrole nitrogens is 1. The number of aryl methyl sites for hydroxylation is 1. The van der Waals surface area contributed by atoms with Crippen LogP contribution in [0.5, 0.6) is 5.88 Å². The molecule has 3 rings (SSSR count). The molecular formula is C14H10N2O. The highest BCUT2D eigenvalue weighted by atomic mass is 16.3. The van der Waals surface area contributed by atoms with Gasteiger partial charge >= 0.3 is 0 Å². The molecule has 0 radical (unpaired) electrons. The zero-order valence-corrected chi connectivity index (χ0v) is 9.28. The van der Waals surface area contributed by atoms with Crippen molar-refractivity contribution in [3.63, 3.8) is 0 Å². The van der Waals surface area contributed by atoms with Gasteiger partial charge in [-0.05, 0) is 17.9 Å². The molecule has 1 aromatic rings. The standard InChI is InChI=1S/C14H10N2O/c1-8-6-12(17)16-14-11(7-15)9-4-2-3-5-10(9)13(8)14/h2-6,16-17H,1H3. The molecule has 82 valence electrons. The van der Waals surface area contributed by atoms with Gasteiger partial charge in [0.1, 0.15) is 6.07 Å². The number of benzene rings is 1.